The van der Waals surface area contributed by atoms with E-state index in [1.165, 1.54) is 12.7 Å². The standard InChI is InChI=1S/C27H31N7O2/c1-17-11-12-21-22(33(17)27(35)36-2)13-14-23-25(21)28-24(15-18-7-4-3-5-8-18)34(23)20-10-6-9-19(16-20)26-29-31-32-30-26/h3-5,7-8,13-14,17,19-20H,6,9-12,15-16H2,1-2H3,(H,29,30,31,32)/t17-,19-,20-/m0/s1. The van der Waals surface area contributed by atoms with Crippen LogP contribution in [0.2, 0.25) is 0 Å². The number of anilines is 1. The van der Waals surface area contributed by atoms with Crippen molar-refractivity contribution >= 4 is 22.8 Å². The van der Waals surface area contributed by atoms with Gasteiger partial charge in [-0.1, -0.05) is 36.8 Å². The first kappa shape index (κ1) is 22.7. The van der Waals surface area contributed by atoms with Crippen molar-refractivity contribution in [3.63, 3.8) is 0 Å². The molecule has 9 heteroatoms. The van der Waals surface area contributed by atoms with Gasteiger partial charge >= 0.3 is 6.09 Å². The number of nitrogens with one attached hydrogen (secondary N) is 1. The first-order chi connectivity index (χ1) is 17.6. The van der Waals surface area contributed by atoms with Crippen LogP contribution in [-0.4, -0.2) is 49.4 Å². The average Bonchev–Trinajstić information content (AvgIpc) is 3.57. The van der Waals surface area contributed by atoms with Crippen molar-refractivity contribution in [3.05, 3.63) is 65.2 Å². The van der Waals surface area contributed by atoms with Gasteiger partial charge in [-0.05, 0) is 67.2 Å². The highest BCUT2D eigenvalue weighted by atomic mass is 16.5. The van der Waals surface area contributed by atoms with E-state index < -0.39 is 0 Å². The van der Waals surface area contributed by atoms with Crippen LogP contribution in [0.5, 0.6) is 0 Å². The van der Waals surface area contributed by atoms with E-state index in [0.29, 0.717) is 12.0 Å². The number of H-pyrrole nitrogens is 1. The van der Waals surface area contributed by atoms with Crippen molar-refractivity contribution in [3.8, 4) is 0 Å². The summed E-state index contributed by atoms with van der Waals surface area (Å²) in [5, 5.41) is 14.8. The van der Waals surface area contributed by atoms with Gasteiger partial charge in [0.05, 0.1) is 23.8 Å². The molecule has 2 aromatic heterocycles. The molecule has 6 rings (SSSR count). The highest BCUT2D eigenvalue weighted by Crippen LogP contribution is 2.42. The number of aromatic nitrogens is 6. The maximum Gasteiger partial charge on any atom is 0.414 e. The summed E-state index contributed by atoms with van der Waals surface area (Å²) in [7, 11) is 1.44. The minimum absolute atomic E-state index is 0.0860. The smallest absolute Gasteiger partial charge is 0.414 e. The fourth-order valence-electron chi connectivity index (χ4n) is 6.12. The Bertz CT molecular complexity index is 1370. The van der Waals surface area contributed by atoms with E-state index in [-0.39, 0.29) is 12.1 Å². The average molecular weight is 486 g/mol. The van der Waals surface area contributed by atoms with E-state index in [1.54, 1.807) is 4.90 Å². The third-order valence-corrected chi connectivity index (χ3v) is 7.86. The number of aryl methyl sites for hydroxylation is 1. The van der Waals surface area contributed by atoms with E-state index in [4.69, 9.17) is 9.72 Å². The van der Waals surface area contributed by atoms with Gasteiger partial charge < -0.3 is 9.30 Å². The van der Waals surface area contributed by atoms with Gasteiger partial charge in [0.2, 0.25) is 0 Å². The van der Waals surface area contributed by atoms with Crippen molar-refractivity contribution in [1.29, 1.82) is 0 Å². The second kappa shape index (κ2) is 9.37. The van der Waals surface area contributed by atoms with Crippen LogP contribution < -0.4 is 4.90 Å². The molecule has 1 saturated carbocycles. The van der Waals surface area contributed by atoms with Gasteiger partial charge in [-0.2, -0.15) is 0 Å². The number of nitrogens with zero attached hydrogens (tertiary/aromatic N) is 6. The molecule has 9 nitrogen and oxygen atoms in total. The summed E-state index contributed by atoms with van der Waals surface area (Å²) in [6.45, 7) is 2.07. The molecule has 0 unspecified atom stereocenters. The molecule has 3 heterocycles. The van der Waals surface area contributed by atoms with Gasteiger partial charge in [0.25, 0.3) is 0 Å². The molecule has 1 aliphatic heterocycles. The van der Waals surface area contributed by atoms with Crippen molar-refractivity contribution in [2.75, 3.05) is 12.0 Å². The monoisotopic (exact) mass is 485 g/mol. The Morgan fingerprint density at radius 2 is 2.00 bits per heavy atom. The molecule has 36 heavy (non-hydrogen) atoms. The summed E-state index contributed by atoms with van der Waals surface area (Å²) < 4.78 is 7.58. The fourth-order valence-corrected chi connectivity index (χ4v) is 6.12. The Hall–Kier alpha value is -3.75. The zero-order chi connectivity index (χ0) is 24.6. The molecule has 0 radical (unpaired) electrons. The first-order valence-corrected chi connectivity index (χ1v) is 12.8. The van der Waals surface area contributed by atoms with Crippen LogP contribution in [0.4, 0.5) is 10.5 Å². The van der Waals surface area contributed by atoms with Crippen LogP contribution in [0.15, 0.2) is 42.5 Å². The second-order valence-electron chi connectivity index (χ2n) is 10.0. The van der Waals surface area contributed by atoms with Gasteiger partial charge in [0, 0.05) is 30.0 Å². The van der Waals surface area contributed by atoms with Crippen LogP contribution >= 0.6 is 0 Å². The number of amides is 1. The van der Waals surface area contributed by atoms with E-state index in [2.05, 4.69) is 68.5 Å². The number of aromatic amines is 1. The number of tetrazole rings is 1. The lowest BCUT2D eigenvalue weighted by Gasteiger charge is -2.34. The van der Waals surface area contributed by atoms with E-state index in [1.807, 2.05) is 6.07 Å². The topological polar surface area (TPSA) is 102 Å². The molecule has 1 N–H and O–H groups in total. The number of carbonyl (C=O) groups excluding carboxylic acids is 1. The fraction of sp³-hybridized carbons (Fsp3) is 0.444. The largest absolute Gasteiger partial charge is 0.452 e. The van der Waals surface area contributed by atoms with Crippen molar-refractivity contribution in [2.24, 2.45) is 0 Å². The van der Waals surface area contributed by atoms with E-state index in [0.717, 1.165) is 78.9 Å². The number of carbonyl (C=O) groups is 1. The molecule has 186 valence electrons. The van der Waals surface area contributed by atoms with Crippen LogP contribution in [-0.2, 0) is 17.6 Å². The predicted molar refractivity (Wildman–Crippen MR) is 136 cm³/mol. The number of ether oxygens (including phenoxy) is 1. The number of hydrogen-bond donors (Lipinski definition) is 1. The lowest BCUT2D eigenvalue weighted by atomic mass is 9.85. The van der Waals surface area contributed by atoms with E-state index >= 15 is 0 Å². The third kappa shape index (κ3) is 3.92. The molecule has 1 fully saturated rings. The Morgan fingerprint density at radius 3 is 2.78 bits per heavy atom. The summed E-state index contributed by atoms with van der Waals surface area (Å²) >= 11 is 0. The molecule has 0 spiro atoms. The van der Waals surface area contributed by atoms with Gasteiger partial charge in [-0.25, -0.2) is 14.9 Å². The van der Waals surface area contributed by atoms with Gasteiger partial charge in [-0.15, -0.1) is 5.10 Å². The van der Waals surface area contributed by atoms with Gasteiger partial charge in [0.15, 0.2) is 5.82 Å². The normalized spacial score (nSPS) is 21.9. The number of rotatable bonds is 4. The first-order valence-electron chi connectivity index (χ1n) is 12.8. The molecule has 0 bridgehead atoms. The molecule has 2 aliphatic rings. The minimum atomic E-state index is -0.317. The Labute approximate surface area is 209 Å². The molecular formula is C27H31N7O2. The SMILES string of the molecule is COC(=O)N1c2ccc3c(nc(Cc4ccccc4)n3[C@H]3CCC[C@H](c4nnn[nH]4)C3)c2CC[C@@H]1C. The summed E-state index contributed by atoms with van der Waals surface area (Å²) in [5.41, 5.74) is 5.43. The maximum atomic E-state index is 12.6. The summed E-state index contributed by atoms with van der Waals surface area (Å²) in [4.78, 5) is 19.7. The quantitative estimate of drug-likeness (QED) is 0.439. The predicted octanol–water partition coefficient (Wildman–Crippen LogP) is 4.95. The Morgan fingerprint density at radius 1 is 1.14 bits per heavy atom. The van der Waals surface area contributed by atoms with Crippen LogP contribution in [0, 0.1) is 0 Å². The van der Waals surface area contributed by atoms with Gasteiger partial charge in [-0.3, -0.25) is 4.90 Å². The zero-order valence-electron chi connectivity index (χ0n) is 20.7. The number of hydrogen-bond acceptors (Lipinski definition) is 6. The lowest BCUT2D eigenvalue weighted by Crippen LogP contribution is -2.42. The molecule has 1 amide bonds. The Kier molecular flexibility index (Phi) is 5.91. The number of benzene rings is 2. The second-order valence-corrected chi connectivity index (χ2v) is 10.0. The molecule has 4 aromatic rings. The number of fused-ring (bicyclic) bond motifs is 3. The Balaban J connectivity index is 1.47. The number of imidazole rings is 1. The summed E-state index contributed by atoms with van der Waals surface area (Å²) in [6.07, 6.45) is 6.45. The van der Waals surface area contributed by atoms with Crippen LogP contribution in [0.1, 0.15) is 73.8 Å². The van der Waals surface area contributed by atoms with E-state index in [9.17, 15) is 4.79 Å². The minimum Gasteiger partial charge on any atom is -0.452 e. The maximum absolute atomic E-state index is 12.6. The highest BCUT2D eigenvalue weighted by Gasteiger charge is 2.33. The number of methoxy groups -OCH3 is 1. The molecule has 2 aromatic carbocycles. The highest BCUT2D eigenvalue weighted by molar-refractivity contribution is 5.95. The van der Waals surface area contributed by atoms with Crippen molar-refractivity contribution < 1.29 is 9.53 Å². The van der Waals surface area contributed by atoms with Crippen LogP contribution in [0.3, 0.4) is 0 Å². The zero-order valence-corrected chi connectivity index (χ0v) is 20.7. The third-order valence-electron chi connectivity index (χ3n) is 7.86. The molecule has 0 saturated heterocycles. The summed E-state index contributed by atoms with van der Waals surface area (Å²) in [5.74, 6) is 2.23. The molecular weight excluding hydrogens is 454 g/mol. The van der Waals surface area contributed by atoms with Crippen molar-refractivity contribution in [2.45, 2.75) is 69.9 Å². The van der Waals surface area contributed by atoms with Crippen molar-refractivity contribution in [1.82, 2.24) is 30.2 Å². The summed E-state index contributed by atoms with van der Waals surface area (Å²) in [6, 6.07) is 15.1. The molecule has 3 atom stereocenters. The lowest BCUT2D eigenvalue weighted by molar-refractivity contribution is 0.175. The van der Waals surface area contributed by atoms with Crippen LogP contribution in [0.25, 0.3) is 11.0 Å². The van der Waals surface area contributed by atoms with Gasteiger partial charge in [0.1, 0.15) is 5.82 Å². The molecule has 1 aliphatic carbocycles.